The van der Waals surface area contributed by atoms with E-state index in [0.29, 0.717) is 0 Å². The average Bonchev–Trinajstić information content (AvgIpc) is 2.55. The van der Waals surface area contributed by atoms with Crippen molar-refractivity contribution in [1.29, 1.82) is 0 Å². The summed E-state index contributed by atoms with van der Waals surface area (Å²) in [4.78, 5) is 11.8. The molecule has 1 aromatic rings. The molecule has 1 rings (SSSR count). The van der Waals surface area contributed by atoms with Crippen LogP contribution in [-0.2, 0) is 11.2 Å². The Balaban J connectivity index is 2.17. The molecule has 0 bridgehead atoms. The van der Waals surface area contributed by atoms with Gasteiger partial charge in [0.05, 0.1) is 0 Å². The molecule has 1 N–H and O–H groups in total. The van der Waals surface area contributed by atoms with E-state index in [1.807, 2.05) is 32.9 Å². The van der Waals surface area contributed by atoms with E-state index in [1.165, 1.54) is 69.8 Å². The molecule has 0 heterocycles. The molecule has 0 fully saturated rings. The van der Waals surface area contributed by atoms with Gasteiger partial charge in [-0.05, 0) is 51.3 Å². The van der Waals surface area contributed by atoms with Crippen LogP contribution in [0.2, 0.25) is 0 Å². The van der Waals surface area contributed by atoms with Gasteiger partial charge in [0, 0.05) is 5.69 Å². The first-order valence-electron chi connectivity index (χ1n) is 10.5. The predicted molar refractivity (Wildman–Crippen MR) is 112 cm³/mol. The molecular weight excluding hydrogens is 322 g/mol. The Hall–Kier alpha value is -1.51. The summed E-state index contributed by atoms with van der Waals surface area (Å²) in [7, 11) is 0. The molecular formula is C23H39NO2. The largest absolute Gasteiger partial charge is 0.444 e. The Bertz CT molecular complexity index is 505. The van der Waals surface area contributed by atoms with Gasteiger partial charge >= 0.3 is 6.09 Å². The van der Waals surface area contributed by atoms with E-state index in [4.69, 9.17) is 4.74 Å². The van der Waals surface area contributed by atoms with Crippen molar-refractivity contribution in [3.05, 3.63) is 29.8 Å². The van der Waals surface area contributed by atoms with E-state index in [9.17, 15) is 4.79 Å². The third kappa shape index (κ3) is 11.9. The summed E-state index contributed by atoms with van der Waals surface area (Å²) in [6.45, 7) is 7.87. The van der Waals surface area contributed by atoms with Crippen LogP contribution in [0.15, 0.2) is 24.3 Å². The fraction of sp³-hybridized carbons (Fsp3) is 0.696. The topological polar surface area (TPSA) is 38.3 Å². The van der Waals surface area contributed by atoms with E-state index in [1.54, 1.807) is 0 Å². The quantitative estimate of drug-likeness (QED) is 0.391. The van der Waals surface area contributed by atoms with Crippen molar-refractivity contribution < 1.29 is 9.53 Å². The predicted octanol–water partition coefficient (Wildman–Crippen LogP) is 7.50. The van der Waals surface area contributed by atoms with Crippen molar-refractivity contribution in [3.8, 4) is 0 Å². The molecule has 0 aliphatic heterocycles. The summed E-state index contributed by atoms with van der Waals surface area (Å²) in [5, 5.41) is 2.82. The van der Waals surface area contributed by atoms with Crippen LogP contribution in [-0.4, -0.2) is 11.7 Å². The molecule has 1 amide bonds. The van der Waals surface area contributed by atoms with Gasteiger partial charge in [0.25, 0.3) is 0 Å². The summed E-state index contributed by atoms with van der Waals surface area (Å²) in [5.41, 5.74) is 1.61. The zero-order valence-corrected chi connectivity index (χ0v) is 17.4. The van der Waals surface area contributed by atoms with Crippen molar-refractivity contribution >= 4 is 11.8 Å². The SMILES string of the molecule is CCCCCCCCCCCCc1cccc(NC(=O)OC(C)(C)C)c1. The lowest BCUT2D eigenvalue weighted by Gasteiger charge is -2.19. The second kappa shape index (κ2) is 12.8. The number of hydrogen-bond acceptors (Lipinski definition) is 2. The lowest BCUT2D eigenvalue weighted by atomic mass is 10.0. The second-order valence-corrected chi connectivity index (χ2v) is 8.26. The van der Waals surface area contributed by atoms with Crippen molar-refractivity contribution in [2.75, 3.05) is 5.32 Å². The van der Waals surface area contributed by atoms with Gasteiger partial charge in [-0.15, -0.1) is 0 Å². The average molecular weight is 362 g/mol. The number of rotatable bonds is 12. The highest BCUT2D eigenvalue weighted by atomic mass is 16.6. The van der Waals surface area contributed by atoms with Crippen LogP contribution in [0.3, 0.4) is 0 Å². The normalized spacial score (nSPS) is 11.4. The first-order chi connectivity index (χ1) is 12.4. The smallest absolute Gasteiger partial charge is 0.412 e. The molecule has 3 nitrogen and oxygen atoms in total. The van der Waals surface area contributed by atoms with Gasteiger partial charge in [-0.2, -0.15) is 0 Å². The Morgan fingerprint density at radius 3 is 2.08 bits per heavy atom. The standard InChI is InChI=1S/C23H39NO2/c1-5-6-7-8-9-10-11-12-13-14-16-20-17-15-18-21(19-20)24-22(25)26-23(2,3)4/h15,17-19H,5-14,16H2,1-4H3,(H,24,25). The van der Waals surface area contributed by atoms with Gasteiger partial charge in [0.15, 0.2) is 0 Å². The van der Waals surface area contributed by atoms with Crippen LogP contribution in [0.4, 0.5) is 10.5 Å². The van der Waals surface area contributed by atoms with E-state index in [0.717, 1.165) is 12.1 Å². The number of benzene rings is 1. The molecule has 3 heteroatoms. The molecule has 0 saturated carbocycles. The number of ether oxygens (including phenoxy) is 1. The molecule has 1 aromatic carbocycles. The highest BCUT2D eigenvalue weighted by molar-refractivity contribution is 5.84. The van der Waals surface area contributed by atoms with Crippen molar-refractivity contribution in [1.82, 2.24) is 0 Å². The van der Waals surface area contributed by atoms with Gasteiger partial charge in [-0.25, -0.2) is 4.79 Å². The Kier molecular flexibility index (Phi) is 11.1. The minimum absolute atomic E-state index is 0.395. The molecule has 26 heavy (non-hydrogen) atoms. The summed E-state index contributed by atoms with van der Waals surface area (Å²) >= 11 is 0. The van der Waals surface area contributed by atoms with Gasteiger partial charge in [-0.3, -0.25) is 5.32 Å². The van der Waals surface area contributed by atoms with Crippen LogP contribution in [0.1, 0.15) is 97.5 Å². The van der Waals surface area contributed by atoms with Crippen LogP contribution in [0, 0.1) is 0 Å². The Morgan fingerprint density at radius 2 is 1.50 bits per heavy atom. The second-order valence-electron chi connectivity index (χ2n) is 8.26. The van der Waals surface area contributed by atoms with E-state index >= 15 is 0 Å². The number of amides is 1. The van der Waals surface area contributed by atoms with Crippen LogP contribution in [0.25, 0.3) is 0 Å². The fourth-order valence-electron chi connectivity index (χ4n) is 3.04. The molecule has 148 valence electrons. The van der Waals surface area contributed by atoms with E-state index in [2.05, 4.69) is 24.4 Å². The van der Waals surface area contributed by atoms with Crippen LogP contribution >= 0.6 is 0 Å². The Labute approximate surface area is 160 Å². The zero-order chi connectivity index (χ0) is 19.3. The molecule has 0 spiro atoms. The molecule has 0 saturated heterocycles. The van der Waals surface area contributed by atoms with Crippen LogP contribution < -0.4 is 5.32 Å². The zero-order valence-electron chi connectivity index (χ0n) is 17.4. The number of unbranched alkanes of at least 4 members (excludes halogenated alkanes) is 9. The summed E-state index contributed by atoms with van der Waals surface area (Å²) < 4.78 is 5.30. The monoisotopic (exact) mass is 361 g/mol. The van der Waals surface area contributed by atoms with Crippen molar-refractivity contribution in [2.24, 2.45) is 0 Å². The van der Waals surface area contributed by atoms with Crippen LogP contribution in [0.5, 0.6) is 0 Å². The lowest BCUT2D eigenvalue weighted by Crippen LogP contribution is -2.27. The van der Waals surface area contributed by atoms with Gasteiger partial charge < -0.3 is 4.74 Å². The lowest BCUT2D eigenvalue weighted by molar-refractivity contribution is 0.0636. The number of aryl methyl sites for hydroxylation is 1. The number of anilines is 1. The summed E-state index contributed by atoms with van der Waals surface area (Å²) in [6.07, 6.45) is 14.2. The first kappa shape index (κ1) is 22.5. The maximum absolute atomic E-state index is 11.8. The maximum atomic E-state index is 11.8. The van der Waals surface area contributed by atoms with Crippen molar-refractivity contribution in [3.63, 3.8) is 0 Å². The van der Waals surface area contributed by atoms with E-state index < -0.39 is 11.7 Å². The highest BCUT2D eigenvalue weighted by Crippen LogP contribution is 2.16. The molecule has 0 atom stereocenters. The molecule has 0 aliphatic rings. The number of carbonyl (C=O) groups is 1. The van der Waals surface area contributed by atoms with E-state index in [-0.39, 0.29) is 0 Å². The molecule has 0 aromatic heterocycles. The number of hydrogen-bond donors (Lipinski definition) is 1. The van der Waals surface area contributed by atoms with Crippen molar-refractivity contribution in [2.45, 2.75) is 104 Å². The summed E-state index contributed by atoms with van der Waals surface area (Å²) in [5.74, 6) is 0. The van der Waals surface area contributed by atoms with Gasteiger partial charge in [0.2, 0.25) is 0 Å². The Morgan fingerprint density at radius 1 is 0.923 bits per heavy atom. The van der Waals surface area contributed by atoms with Gasteiger partial charge in [-0.1, -0.05) is 76.8 Å². The summed E-state index contributed by atoms with van der Waals surface area (Å²) in [6, 6.07) is 8.09. The molecule has 0 unspecified atom stereocenters. The highest BCUT2D eigenvalue weighted by Gasteiger charge is 2.16. The molecule has 0 radical (unpaired) electrons. The fourth-order valence-corrected chi connectivity index (χ4v) is 3.04. The number of carbonyl (C=O) groups excluding carboxylic acids is 1. The minimum atomic E-state index is -0.475. The first-order valence-corrected chi connectivity index (χ1v) is 10.5. The number of nitrogens with one attached hydrogen (secondary N) is 1. The maximum Gasteiger partial charge on any atom is 0.412 e. The third-order valence-electron chi connectivity index (χ3n) is 4.39. The molecule has 0 aliphatic carbocycles. The minimum Gasteiger partial charge on any atom is -0.444 e. The third-order valence-corrected chi connectivity index (χ3v) is 4.39. The van der Waals surface area contributed by atoms with Gasteiger partial charge in [0.1, 0.15) is 5.60 Å².